The molecule has 1 rings (SSSR count). The first-order valence-electron chi connectivity index (χ1n) is 4.66. The van der Waals surface area contributed by atoms with Crippen LogP contribution >= 0.6 is 23.4 Å². The van der Waals surface area contributed by atoms with Crippen molar-refractivity contribution >= 4 is 23.4 Å². The molecule has 0 spiro atoms. The SMILES string of the molecule is CC(C)C(CO)Sc1ccc(Cl)cc1. The molecule has 0 aliphatic heterocycles. The molecule has 14 heavy (non-hydrogen) atoms. The van der Waals surface area contributed by atoms with Crippen LogP contribution < -0.4 is 0 Å². The lowest BCUT2D eigenvalue weighted by molar-refractivity contribution is 0.275. The van der Waals surface area contributed by atoms with E-state index < -0.39 is 0 Å². The fourth-order valence-electron chi connectivity index (χ4n) is 1.07. The minimum absolute atomic E-state index is 0.213. The van der Waals surface area contributed by atoms with Crippen molar-refractivity contribution in [1.29, 1.82) is 0 Å². The molecule has 3 heteroatoms. The van der Waals surface area contributed by atoms with Gasteiger partial charge in [-0.25, -0.2) is 0 Å². The zero-order chi connectivity index (χ0) is 10.6. The van der Waals surface area contributed by atoms with Gasteiger partial charge in [0.2, 0.25) is 0 Å². The van der Waals surface area contributed by atoms with E-state index in [2.05, 4.69) is 13.8 Å². The molecule has 78 valence electrons. The maximum absolute atomic E-state index is 9.17. The number of halogens is 1. The smallest absolute Gasteiger partial charge is 0.0556 e. The van der Waals surface area contributed by atoms with Gasteiger partial charge in [-0.15, -0.1) is 11.8 Å². The number of hydrogen-bond acceptors (Lipinski definition) is 2. The Morgan fingerprint density at radius 3 is 2.29 bits per heavy atom. The van der Waals surface area contributed by atoms with Crippen molar-refractivity contribution in [2.75, 3.05) is 6.61 Å². The van der Waals surface area contributed by atoms with Crippen LogP contribution in [0.3, 0.4) is 0 Å². The van der Waals surface area contributed by atoms with Gasteiger partial charge in [-0.2, -0.15) is 0 Å². The van der Waals surface area contributed by atoms with Crippen LogP contribution in [0.5, 0.6) is 0 Å². The molecule has 1 nitrogen and oxygen atoms in total. The molecule has 1 N–H and O–H groups in total. The van der Waals surface area contributed by atoms with Gasteiger partial charge in [-0.05, 0) is 30.2 Å². The Bertz CT molecular complexity index is 271. The summed E-state index contributed by atoms with van der Waals surface area (Å²) in [7, 11) is 0. The van der Waals surface area contributed by atoms with Gasteiger partial charge in [0.05, 0.1) is 6.61 Å². The average molecular weight is 231 g/mol. The number of rotatable bonds is 4. The van der Waals surface area contributed by atoms with E-state index in [0.717, 1.165) is 9.92 Å². The average Bonchev–Trinajstić information content (AvgIpc) is 2.16. The monoisotopic (exact) mass is 230 g/mol. The molecular formula is C11H15ClOS. The largest absolute Gasteiger partial charge is 0.395 e. The van der Waals surface area contributed by atoms with Gasteiger partial charge in [0.25, 0.3) is 0 Å². The Labute approximate surface area is 94.5 Å². The van der Waals surface area contributed by atoms with E-state index in [9.17, 15) is 0 Å². The number of thioether (sulfide) groups is 1. The van der Waals surface area contributed by atoms with Crippen LogP contribution in [0.4, 0.5) is 0 Å². The summed E-state index contributed by atoms with van der Waals surface area (Å²) >= 11 is 7.48. The minimum Gasteiger partial charge on any atom is -0.395 e. The third-order valence-corrected chi connectivity index (χ3v) is 3.82. The molecule has 1 aromatic carbocycles. The van der Waals surface area contributed by atoms with Crippen molar-refractivity contribution in [3.8, 4) is 0 Å². The van der Waals surface area contributed by atoms with Crippen molar-refractivity contribution in [3.63, 3.8) is 0 Å². The quantitative estimate of drug-likeness (QED) is 0.800. The lowest BCUT2D eigenvalue weighted by Gasteiger charge is -2.17. The lowest BCUT2D eigenvalue weighted by atomic mass is 10.1. The first-order chi connectivity index (χ1) is 6.63. The molecule has 0 aromatic heterocycles. The zero-order valence-corrected chi connectivity index (χ0v) is 9.98. The van der Waals surface area contributed by atoms with E-state index in [1.807, 2.05) is 24.3 Å². The fourth-order valence-corrected chi connectivity index (χ4v) is 2.19. The molecule has 0 fully saturated rings. The summed E-state index contributed by atoms with van der Waals surface area (Å²) in [5.74, 6) is 0.473. The van der Waals surface area contributed by atoms with Crippen molar-refractivity contribution in [3.05, 3.63) is 29.3 Å². The molecule has 0 aliphatic rings. The van der Waals surface area contributed by atoms with Crippen LogP contribution in [0.2, 0.25) is 5.02 Å². The van der Waals surface area contributed by atoms with Crippen LogP contribution in [0.15, 0.2) is 29.2 Å². The topological polar surface area (TPSA) is 20.2 Å². The third-order valence-electron chi connectivity index (χ3n) is 2.02. The summed E-state index contributed by atoms with van der Waals surface area (Å²) in [6.07, 6.45) is 0. The Morgan fingerprint density at radius 1 is 1.29 bits per heavy atom. The maximum atomic E-state index is 9.17. The summed E-state index contributed by atoms with van der Waals surface area (Å²) < 4.78 is 0. The molecule has 0 radical (unpaired) electrons. The Morgan fingerprint density at radius 2 is 1.86 bits per heavy atom. The predicted octanol–water partition coefficient (Wildman–Crippen LogP) is 3.45. The van der Waals surface area contributed by atoms with Crippen LogP contribution in [0, 0.1) is 5.92 Å². The second-order valence-electron chi connectivity index (χ2n) is 3.54. The van der Waals surface area contributed by atoms with Crippen molar-refractivity contribution in [2.45, 2.75) is 24.0 Å². The molecule has 1 atom stereocenters. The highest BCUT2D eigenvalue weighted by Gasteiger charge is 2.13. The first kappa shape index (κ1) is 11.9. The third kappa shape index (κ3) is 3.52. The van der Waals surface area contributed by atoms with Crippen molar-refractivity contribution in [2.24, 2.45) is 5.92 Å². The highest BCUT2D eigenvalue weighted by atomic mass is 35.5. The predicted molar refractivity (Wildman–Crippen MR) is 63.0 cm³/mol. The molecule has 0 saturated carbocycles. The highest BCUT2D eigenvalue weighted by molar-refractivity contribution is 8.00. The van der Waals surface area contributed by atoms with Crippen LogP contribution in [0.1, 0.15) is 13.8 Å². The Hall–Kier alpha value is -0.180. The molecule has 1 unspecified atom stereocenters. The van der Waals surface area contributed by atoms with Gasteiger partial charge >= 0.3 is 0 Å². The van der Waals surface area contributed by atoms with E-state index in [4.69, 9.17) is 16.7 Å². The summed E-state index contributed by atoms with van der Waals surface area (Å²) in [5, 5.41) is 10.2. The maximum Gasteiger partial charge on any atom is 0.0556 e. The normalized spacial score (nSPS) is 13.2. The van der Waals surface area contributed by atoms with Crippen LogP contribution in [-0.2, 0) is 0 Å². The highest BCUT2D eigenvalue weighted by Crippen LogP contribution is 2.28. The molecule has 0 bridgehead atoms. The molecule has 0 saturated heterocycles. The molecule has 0 amide bonds. The van der Waals surface area contributed by atoms with Crippen LogP contribution in [0.25, 0.3) is 0 Å². The minimum atomic E-state index is 0.213. The summed E-state index contributed by atoms with van der Waals surface area (Å²) in [6, 6.07) is 7.72. The second-order valence-corrected chi connectivity index (χ2v) is 5.29. The van der Waals surface area contributed by atoms with Crippen molar-refractivity contribution < 1.29 is 5.11 Å². The van der Waals surface area contributed by atoms with E-state index in [1.54, 1.807) is 11.8 Å². The van der Waals surface area contributed by atoms with Gasteiger partial charge < -0.3 is 5.11 Å². The summed E-state index contributed by atoms with van der Waals surface area (Å²) in [4.78, 5) is 1.15. The molecule has 0 heterocycles. The first-order valence-corrected chi connectivity index (χ1v) is 5.92. The van der Waals surface area contributed by atoms with E-state index >= 15 is 0 Å². The van der Waals surface area contributed by atoms with Crippen LogP contribution in [-0.4, -0.2) is 17.0 Å². The zero-order valence-electron chi connectivity index (χ0n) is 8.40. The van der Waals surface area contributed by atoms with E-state index in [-0.39, 0.29) is 11.9 Å². The number of benzene rings is 1. The number of aliphatic hydroxyl groups is 1. The molecule has 0 aliphatic carbocycles. The van der Waals surface area contributed by atoms with Gasteiger partial charge in [-0.1, -0.05) is 25.4 Å². The molecular weight excluding hydrogens is 216 g/mol. The lowest BCUT2D eigenvalue weighted by Crippen LogP contribution is -2.15. The standard InChI is InChI=1S/C11H15ClOS/c1-8(2)11(7-13)14-10-5-3-9(12)4-6-10/h3-6,8,11,13H,7H2,1-2H3. The summed E-state index contributed by atoms with van der Waals surface area (Å²) in [5.41, 5.74) is 0. The van der Waals surface area contributed by atoms with E-state index in [0.29, 0.717) is 5.92 Å². The Kier molecular flexibility index (Phi) is 4.79. The molecule has 1 aromatic rings. The second kappa shape index (κ2) is 5.64. The van der Waals surface area contributed by atoms with Gasteiger partial charge in [0.1, 0.15) is 0 Å². The fraction of sp³-hybridized carbons (Fsp3) is 0.455. The Balaban J connectivity index is 2.63. The van der Waals surface area contributed by atoms with Crippen molar-refractivity contribution in [1.82, 2.24) is 0 Å². The van der Waals surface area contributed by atoms with Gasteiger partial charge in [0, 0.05) is 15.2 Å². The van der Waals surface area contributed by atoms with E-state index in [1.165, 1.54) is 0 Å². The van der Waals surface area contributed by atoms with Gasteiger partial charge in [0.15, 0.2) is 0 Å². The number of hydrogen-bond donors (Lipinski definition) is 1. The van der Waals surface area contributed by atoms with Gasteiger partial charge in [-0.3, -0.25) is 0 Å². The summed E-state index contributed by atoms with van der Waals surface area (Å²) in [6.45, 7) is 4.44. The number of aliphatic hydroxyl groups excluding tert-OH is 1.